The van der Waals surface area contributed by atoms with E-state index in [-0.39, 0.29) is 23.7 Å². The van der Waals surface area contributed by atoms with Crippen LogP contribution in [0, 0.1) is 11.7 Å². The van der Waals surface area contributed by atoms with Gasteiger partial charge in [0.05, 0.1) is 18.2 Å². The maximum atomic E-state index is 14.4. The van der Waals surface area contributed by atoms with Gasteiger partial charge in [0.15, 0.2) is 11.6 Å². The van der Waals surface area contributed by atoms with Crippen LogP contribution in [-0.2, 0) is 23.1 Å². The molecule has 2 aromatic carbocycles. The molecular weight excluding hydrogens is 421 g/mol. The van der Waals surface area contributed by atoms with Gasteiger partial charge in [0.25, 0.3) is 0 Å². The summed E-state index contributed by atoms with van der Waals surface area (Å²) in [7, 11) is 1.76. The van der Waals surface area contributed by atoms with Crippen molar-refractivity contribution in [1.29, 1.82) is 0 Å². The Morgan fingerprint density at radius 3 is 2.61 bits per heavy atom. The van der Waals surface area contributed by atoms with Gasteiger partial charge in [-0.25, -0.2) is 9.07 Å². The minimum atomic E-state index is -0.458. The SMILES string of the molecule is CC(C)C(=O)N(Cc1c(-c2ccccc2)nn(C)c1Oc1ccccc1F)CC1CCCO1. The number of carbonyl (C=O) groups excluding carboxylic acids is 1. The van der Waals surface area contributed by atoms with Crippen molar-refractivity contribution in [2.24, 2.45) is 13.0 Å². The summed E-state index contributed by atoms with van der Waals surface area (Å²) in [5, 5.41) is 4.70. The molecule has 1 aliphatic rings. The third kappa shape index (κ3) is 5.25. The van der Waals surface area contributed by atoms with E-state index in [2.05, 4.69) is 0 Å². The van der Waals surface area contributed by atoms with E-state index in [4.69, 9.17) is 14.6 Å². The van der Waals surface area contributed by atoms with Crippen LogP contribution in [0.5, 0.6) is 11.6 Å². The second-order valence-corrected chi connectivity index (χ2v) is 8.66. The van der Waals surface area contributed by atoms with Crippen molar-refractivity contribution >= 4 is 5.91 Å². The van der Waals surface area contributed by atoms with Crippen molar-refractivity contribution in [3.05, 3.63) is 66.0 Å². The molecule has 3 aromatic rings. The fraction of sp³-hybridized carbons (Fsp3) is 0.385. The van der Waals surface area contributed by atoms with Gasteiger partial charge in [-0.1, -0.05) is 56.3 Å². The number of amides is 1. The molecule has 1 atom stereocenters. The van der Waals surface area contributed by atoms with Crippen molar-refractivity contribution in [2.45, 2.75) is 39.3 Å². The average molecular weight is 452 g/mol. The molecule has 0 N–H and O–H groups in total. The van der Waals surface area contributed by atoms with Crippen LogP contribution in [-0.4, -0.2) is 39.8 Å². The summed E-state index contributed by atoms with van der Waals surface area (Å²) in [6, 6.07) is 16.0. The Kier molecular flexibility index (Phi) is 7.08. The molecule has 0 saturated carbocycles. The van der Waals surface area contributed by atoms with Gasteiger partial charge in [-0.05, 0) is 25.0 Å². The molecule has 0 spiro atoms. The standard InChI is InChI=1S/C26H30FN3O3/c1-18(2)25(31)30(16-20-12-9-15-32-20)17-21-24(19-10-5-4-6-11-19)28-29(3)26(21)33-23-14-8-7-13-22(23)27/h4-8,10-11,13-14,18,20H,9,12,15-17H2,1-3H3. The normalized spacial score (nSPS) is 15.7. The largest absolute Gasteiger partial charge is 0.436 e. The Balaban J connectivity index is 1.75. The van der Waals surface area contributed by atoms with Crippen molar-refractivity contribution in [3.63, 3.8) is 0 Å². The Labute approximate surface area is 193 Å². The van der Waals surface area contributed by atoms with Crippen LogP contribution >= 0.6 is 0 Å². The molecule has 1 aromatic heterocycles. The zero-order valence-corrected chi connectivity index (χ0v) is 19.3. The predicted molar refractivity (Wildman–Crippen MR) is 124 cm³/mol. The topological polar surface area (TPSA) is 56.6 Å². The first-order chi connectivity index (χ1) is 15.9. The molecule has 0 aliphatic carbocycles. The molecule has 1 saturated heterocycles. The summed E-state index contributed by atoms with van der Waals surface area (Å²) in [5.74, 6) is -0.0696. The summed E-state index contributed by atoms with van der Waals surface area (Å²) < 4.78 is 27.9. The third-order valence-corrected chi connectivity index (χ3v) is 5.78. The number of hydrogen-bond acceptors (Lipinski definition) is 4. The molecule has 0 radical (unpaired) electrons. The van der Waals surface area contributed by atoms with Crippen LogP contribution in [0.25, 0.3) is 11.3 Å². The number of benzene rings is 2. The number of aromatic nitrogens is 2. The highest BCUT2D eigenvalue weighted by Crippen LogP contribution is 2.35. The molecular formula is C26H30FN3O3. The van der Waals surface area contributed by atoms with Crippen molar-refractivity contribution < 1.29 is 18.7 Å². The van der Waals surface area contributed by atoms with E-state index < -0.39 is 5.82 Å². The third-order valence-electron chi connectivity index (χ3n) is 5.78. The van der Waals surface area contributed by atoms with Gasteiger partial charge in [0.1, 0.15) is 5.69 Å². The Morgan fingerprint density at radius 1 is 1.21 bits per heavy atom. The summed E-state index contributed by atoms with van der Waals surface area (Å²) >= 11 is 0. The number of ether oxygens (including phenoxy) is 2. The number of hydrogen-bond donors (Lipinski definition) is 0. The Bertz CT molecular complexity index is 1090. The number of halogens is 1. The van der Waals surface area contributed by atoms with Crippen molar-refractivity contribution in [3.8, 4) is 22.9 Å². The van der Waals surface area contributed by atoms with Crippen LogP contribution in [0.3, 0.4) is 0 Å². The number of nitrogens with zero attached hydrogens (tertiary/aromatic N) is 3. The van der Waals surface area contributed by atoms with E-state index >= 15 is 0 Å². The van der Waals surface area contributed by atoms with Crippen LogP contribution in [0.2, 0.25) is 0 Å². The fourth-order valence-corrected chi connectivity index (χ4v) is 4.10. The maximum Gasteiger partial charge on any atom is 0.225 e. The molecule has 1 amide bonds. The maximum absolute atomic E-state index is 14.4. The first-order valence-electron chi connectivity index (χ1n) is 11.4. The zero-order valence-electron chi connectivity index (χ0n) is 19.3. The Hall–Kier alpha value is -3.19. The van der Waals surface area contributed by atoms with Gasteiger partial charge >= 0.3 is 0 Å². The van der Waals surface area contributed by atoms with E-state index in [1.807, 2.05) is 49.1 Å². The molecule has 6 nitrogen and oxygen atoms in total. The number of rotatable bonds is 8. The fourth-order valence-electron chi connectivity index (χ4n) is 4.10. The summed E-state index contributed by atoms with van der Waals surface area (Å²) in [6.45, 7) is 5.29. The van der Waals surface area contributed by atoms with Crippen molar-refractivity contribution in [2.75, 3.05) is 13.2 Å². The van der Waals surface area contributed by atoms with E-state index in [0.717, 1.165) is 30.6 Å². The summed E-state index contributed by atoms with van der Waals surface area (Å²) in [4.78, 5) is 15.0. The molecule has 33 heavy (non-hydrogen) atoms. The van der Waals surface area contributed by atoms with Gasteiger partial charge in [-0.2, -0.15) is 5.10 Å². The molecule has 1 aliphatic heterocycles. The first kappa shape index (κ1) is 23.0. The number of para-hydroxylation sites is 1. The lowest BCUT2D eigenvalue weighted by Crippen LogP contribution is -2.39. The highest BCUT2D eigenvalue weighted by atomic mass is 19.1. The molecule has 4 rings (SSSR count). The minimum Gasteiger partial charge on any atom is -0.436 e. The van der Waals surface area contributed by atoms with Crippen LogP contribution in [0.1, 0.15) is 32.3 Å². The highest BCUT2D eigenvalue weighted by molar-refractivity contribution is 5.78. The second kappa shape index (κ2) is 10.2. The summed E-state index contributed by atoms with van der Waals surface area (Å²) in [5.41, 5.74) is 2.35. The Morgan fingerprint density at radius 2 is 1.94 bits per heavy atom. The van der Waals surface area contributed by atoms with E-state index in [0.29, 0.717) is 24.7 Å². The lowest BCUT2D eigenvalue weighted by atomic mass is 10.1. The van der Waals surface area contributed by atoms with E-state index in [1.165, 1.54) is 6.07 Å². The molecule has 174 valence electrons. The van der Waals surface area contributed by atoms with E-state index in [9.17, 15) is 9.18 Å². The van der Waals surface area contributed by atoms with Crippen molar-refractivity contribution in [1.82, 2.24) is 14.7 Å². The second-order valence-electron chi connectivity index (χ2n) is 8.66. The van der Waals surface area contributed by atoms with Gasteiger partial charge in [0.2, 0.25) is 11.8 Å². The zero-order chi connectivity index (χ0) is 23.4. The van der Waals surface area contributed by atoms with Crippen LogP contribution in [0.15, 0.2) is 54.6 Å². The van der Waals surface area contributed by atoms with Gasteiger partial charge in [-0.3, -0.25) is 4.79 Å². The number of aryl methyl sites for hydroxylation is 1. The quantitative estimate of drug-likeness (QED) is 0.473. The minimum absolute atomic E-state index is 0.0143. The first-order valence-corrected chi connectivity index (χ1v) is 11.4. The van der Waals surface area contributed by atoms with Crippen LogP contribution in [0.4, 0.5) is 4.39 Å². The van der Waals surface area contributed by atoms with Gasteiger partial charge in [0, 0.05) is 31.7 Å². The van der Waals surface area contributed by atoms with Gasteiger partial charge in [-0.15, -0.1) is 0 Å². The lowest BCUT2D eigenvalue weighted by molar-refractivity contribution is -0.136. The monoisotopic (exact) mass is 451 g/mol. The molecule has 1 fully saturated rings. The predicted octanol–water partition coefficient (Wildman–Crippen LogP) is 5.18. The molecule has 2 heterocycles. The molecule has 1 unspecified atom stereocenters. The smallest absolute Gasteiger partial charge is 0.225 e. The van der Waals surface area contributed by atoms with E-state index in [1.54, 1.807) is 29.9 Å². The summed E-state index contributed by atoms with van der Waals surface area (Å²) in [6.07, 6.45) is 1.94. The number of carbonyl (C=O) groups is 1. The average Bonchev–Trinajstić information content (AvgIpc) is 3.43. The molecule has 7 heteroatoms. The highest BCUT2D eigenvalue weighted by Gasteiger charge is 2.29. The lowest BCUT2D eigenvalue weighted by Gasteiger charge is -2.27. The van der Waals surface area contributed by atoms with Crippen LogP contribution < -0.4 is 4.74 Å². The van der Waals surface area contributed by atoms with Gasteiger partial charge < -0.3 is 14.4 Å². The molecule has 0 bridgehead atoms.